The van der Waals surface area contributed by atoms with E-state index >= 15 is 0 Å². The topological polar surface area (TPSA) is 197 Å². The Morgan fingerprint density at radius 1 is 0.816 bits per heavy atom. The van der Waals surface area contributed by atoms with Gasteiger partial charge in [-0.1, -0.05) is 30.3 Å². The average molecular weight is 528 g/mol. The van der Waals surface area contributed by atoms with Crippen LogP contribution in [0, 0.1) is 10.1 Å². The minimum Gasteiger partial charge on any atom is -0.481 e. The molecule has 2 aromatic rings. The maximum Gasteiger partial charge on any atom is 0.303 e. The van der Waals surface area contributed by atoms with Gasteiger partial charge in [0.15, 0.2) is 0 Å². The standard InChI is InChI=1S/C25H29N5O8/c1-15(26-21(31)12-13-22(32)33)23(34)27-16(2)24(35)29-20(14-17-6-4-3-5-7-17)25(36)28-18-8-10-19(11-9-18)30(37)38/h3-11,15-16,20H,12-14H2,1-2H3,(H,26,31)(H,27,34)(H,28,36)(H,29,35)(H,32,33)/t15-,16-,20-/m0/s1. The number of rotatable bonds is 13. The minimum atomic E-state index is -1.15. The second kappa shape index (κ2) is 14.1. The Hall–Kier alpha value is -4.81. The van der Waals surface area contributed by atoms with Crippen molar-refractivity contribution in [2.75, 3.05) is 5.32 Å². The molecule has 3 atom stereocenters. The predicted octanol–water partition coefficient (Wildman–Crippen LogP) is 1.14. The average Bonchev–Trinajstić information content (AvgIpc) is 2.87. The predicted molar refractivity (Wildman–Crippen MR) is 136 cm³/mol. The Balaban J connectivity index is 2.04. The first-order valence-electron chi connectivity index (χ1n) is 11.7. The van der Waals surface area contributed by atoms with Crippen LogP contribution in [-0.2, 0) is 30.4 Å². The molecule has 0 spiro atoms. The number of carboxylic acids is 1. The summed E-state index contributed by atoms with van der Waals surface area (Å²) >= 11 is 0. The summed E-state index contributed by atoms with van der Waals surface area (Å²) in [5.41, 5.74) is 0.904. The summed E-state index contributed by atoms with van der Waals surface area (Å²) < 4.78 is 0. The number of nitrogens with one attached hydrogen (secondary N) is 4. The van der Waals surface area contributed by atoms with Crippen LogP contribution in [0.2, 0.25) is 0 Å². The number of hydrogen-bond donors (Lipinski definition) is 5. The molecule has 0 bridgehead atoms. The lowest BCUT2D eigenvalue weighted by Crippen LogP contribution is -2.55. The molecule has 38 heavy (non-hydrogen) atoms. The number of benzene rings is 2. The third-order valence-corrected chi connectivity index (χ3v) is 5.35. The summed E-state index contributed by atoms with van der Waals surface area (Å²) in [6, 6.07) is 11.0. The molecule has 0 unspecified atom stereocenters. The van der Waals surface area contributed by atoms with Crippen LogP contribution in [0.5, 0.6) is 0 Å². The number of anilines is 1. The smallest absolute Gasteiger partial charge is 0.303 e. The van der Waals surface area contributed by atoms with Gasteiger partial charge in [-0.25, -0.2) is 0 Å². The molecule has 0 aliphatic rings. The van der Waals surface area contributed by atoms with Gasteiger partial charge in [0, 0.05) is 30.7 Å². The zero-order chi connectivity index (χ0) is 28.2. The number of carbonyl (C=O) groups excluding carboxylic acids is 4. The summed E-state index contributed by atoms with van der Waals surface area (Å²) in [5.74, 6) is -3.69. The summed E-state index contributed by atoms with van der Waals surface area (Å²) in [5, 5.41) is 29.5. The summed E-state index contributed by atoms with van der Waals surface area (Å²) in [7, 11) is 0. The molecule has 2 aromatic carbocycles. The Labute approximate surface area is 218 Å². The van der Waals surface area contributed by atoms with Crippen molar-refractivity contribution in [1.82, 2.24) is 16.0 Å². The molecule has 0 saturated heterocycles. The van der Waals surface area contributed by atoms with Gasteiger partial charge in [0.1, 0.15) is 18.1 Å². The molecular formula is C25H29N5O8. The highest BCUT2D eigenvalue weighted by molar-refractivity contribution is 5.99. The highest BCUT2D eigenvalue weighted by Crippen LogP contribution is 2.16. The van der Waals surface area contributed by atoms with Gasteiger partial charge in [-0.2, -0.15) is 0 Å². The van der Waals surface area contributed by atoms with E-state index in [0.29, 0.717) is 5.69 Å². The zero-order valence-electron chi connectivity index (χ0n) is 20.8. The number of carboxylic acid groups (broad SMARTS) is 1. The van der Waals surface area contributed by atoms with Gasteiger partial charge in [-0.3, -0.25) is 34.1 Å². The first kappa shape index (κ1) is 29.4. The number of non-ortho nitro benzene ring substituents is 1. The first-order chi connectivity index (χ1) is 18.0. The van der Waals surface area contributed by atoms with Crippen LogP contribution in [0.1, 0.15) is 32.3 Å². The zero-order valence-corrected chi connectivity index (χ0v) is 20.8. The van der Waals surface area contributed by atoms with Crippen molar-refractivity contribution in [3.8, 4) is 0 Å². The Morgan fingerprint density at radius 2 is 1.39 bits per heavy atom. The van der Waals surface area contributed by atoms with Crippen LogP contribution in [0.25, 0.3) is 0 Å². The highest BCUT2D eigenvalue weighted by Gasteiger charge is 2.26. The number of nitrogens with zero attached hydrogens (tertiary/aromatic N) is 1. The molecule has 0 aliphatic heterocycles. The van der Waals surface area contributed by atoms with E-state index < -0.39 is 52.6 Å². The second-order valence-corrected chi connectivity index (χ2v) is 8.46. The van der Waals surface area contributed by atoms with Crippen LogP contribution in [-0.4, -0.2) is 57.8 Å². The maximum atomic E-state index is 13.0. The SMILES string of the molecule is C[C@H](NC(=O)CCC(=O)O)C(=O)N[C@@H](C)C(=O)N[C@@H](Cc1ccccc1)C(=O)Nc1ccc([N+](=O)[O-])cc1. The van der Waals surface area contributed by atoms with Gasteiger partial charge in [0.05, 0.1) is 11.3 Å². The molecule has 202 valence electrons. The van der Waals surface area contributed by atoms with Crippen molar-refractivity contribution in [2.45, 2.75) is 51.2 Å². The largest absolute Gasteiger partial charge is 0.481 e. The molecule has 0 saturated carbocycles. The lowest BCUT2D eigenvalue weighted by molar-refractivity contribution is -0.384. The Morgan fingerprint density at radius 3 is 1.97 bits per heavy atom. The van der Waals surface area contributed by atoms with E-state index in [4.69, 9.17) is 5.11 Å². The van der Waals surface area contributed by atoms with Gasteiger partial charge in [0.25, 0.3) is 5.69 Å². The quantitative estimate of drug-likeness (QED) is 0.189. The third-order valence-electron chi connectivity index (χ3n) is 5.35. The number of nitro benzene ring substituents is 1. The van der Waals surface area contributed by atoms with Gasteiger partial charge in [-0.15, -0.1) is 0 Å². The van der Waals surface area contributed by atoms with Gasteiger partial charge in [-0.05, 0) is 31.5 Å². The normalized spacial score (nSPS) is 12.8. The molecular weight excluding hydrogens is 498 g/mol. The molecule has 13 nitrogen and oxygen atoms in total. The molecule has 2 rings (SSSR count). The fraction of sp³-hybridized carbons (Fsp3) is 0.320. The van der Waals surface area contributed by atoms with Crippen molar-refractivity contribution in [3.05, 3.63) is 70.3 Å². The van der Waals surface area contributed by atoms with E-state index in [0.717, 1.165) is 5.56 Å². The summed E-state index contributed by atoms with van der Waals surface area (Å²) in [4.78, 5) is 70.9. The number of nitro groups is 1. The van der Waals surface area contributed by atoms with Crippen LogP contribution in [0.15, 0.2) is 54.6 Å². The van der Waals surface area contributed by atoms with Crippen molar-refractivity contribution in [1.29, 1.82) is 0 Å². The van der Waals surface area contributed by atoms with Crippen molar-refractivity contribution >= 4 is 41.0 Å². The van der Waals surface area contributed by atoms with E-state index in [1.54, 1.807) is 30.3 Å². The molecule has 0 aliphatic carbocycles. The molecule has 0 heterocycles. The maximum absolute atomic E-state index is 13.0. The molecule has 0 radical (unpaired) electrons. The van der Waals surface area contributed by atoms with Gasteiger partial charge in [0.2, 0.25) is 23.6 Å². The van der Waals surface area contributed by atoms with E-state index in [2.05, 4.69) is 21.3 Å². The lowest BCUT2D eigenvalue weighted by atomic mass is 10.0. The van der Waals surface area contributed by atoms with Crippen molar-refractivity contribution in [2.24, 2.45) is 0 Å². The fourth-order valence-corrected chi connectivity index (χ4v) is 3.26. The molecule has 4 amide bonds. The molecule has 0 fully saturated rings. The van der Waals surface area contributed by atoms with Crippen LogP contribution in [0.4, 0.5) is 11.4 Å². The van der Waals surface area contributed by atoms with Crippen LogP contribution >= 0.6 is 0 Å². The van der Waals surface area contributed by atoms with Crippen LogP contribution in [0.3, 0.4) is 0 Å². The van der Waals surface area contributed by atoms with Crippen molar-refractivity contribution in [3.63, 3.8) is 0 Å². The lowest BCUT2D eigenvalue weighted by Gasteiger charge is -2.22. The number of hydrogen-bond acceptors (Lipinski definition) is 7. The number of carbonyl (C=O) groups is 5. The Bertz CT molecular complexity index is 1170. The summed E-state index contributed by atoms with van der Waals surface area (Å²) in [6.07, 6.45) is -0.556. The molecule has 13 heteroatoms. The van der Waals surface area contributed by atoms with Gasteiger partial charge < -0.3 is 26.4 Å². The molecule has 0 aromatic heterocycles. The first-order valence-corrected chi connectivity index (χ1v) is 11.7. The second-order valence-electron chi connectivity index (χ2n) is 8.46. The van der Waals surface area contributed by atoms with E-state index in [9.17, 15) is 34.1 Å². The highest BCUT2D eigenvalue weighted by atomic mass is 16.6. The van der Waals surface area contributed by atoms with Crippen molar-refractivity contribution < 1.29 is 34.0 Å². The fourth-order valence-electron chi connectivity index (χ4n) is 3.26. The van der Waals surface area contributed by atoms with E-state index in [1.807, 2.05) is 0 Å². The van der Waals surface area contributed by atoms with Crippen LogP contribution < -0.4 is 21.3 Å². The number of amides is 4. The molecule has 5 N–H and O–H groups in total. The van der Waals surface area contributed by atoms with E-state index in [-0.39, 0.29) is 24.9 Å². The monoisotopic (exact) mass is 527 g/mol. The number of aliphatic carboxylic acids is 1. The van der Waals surface area contributed by atoms with Gasteiger partial charge >= 0.3 is 5.97 Å². The Kier molecular flexibility index (Phi) is 10.9. The third kappa shape index (κ3) is 9.68. The summed E-state index contributed by atoms with van der Waals surface area (Å²) in [6.45, 7) is 2.79. The minimum absolute atomic E-state index is 0.127. The van der Waals surface area contributed by atoms with E-state index in [1.165, 1.54) is 38.1 Å².